The Balaban J connectivity index is 1.79. The maximum absolute atomic E-state index is 6.13. The van der Waals surface area contributed by atoms with Crippen LogP contribution in [-0.2, 0) is 13.0 Å². The Morgan fingerprint density at radius 1 is 1.00 bits per heavy atom. The Labute approximate surface area is 132 Å². The second kappa shape index (κ2) is 7.30. The number of halogens is 3. The van der Waals surface area contributed by atoms with Crippen LogP contribution >= 0.6 is 39.1 Å². The van der Waals surface area contributed by atoms with Crippen LogP contribution in [0.1, 0.15) is 11.1 Å². The van der Waals surface area contributed by atoms with Crippen LogP contribution in [0.2, 0.25) is 10.0 Å². The molecule has 0 aromatic heterocycles. The van der Waals surface area contributed by atoms with Crippen molar-refractivity contribution < 1.29 is 0 Å². The summed E-state index contributed by atoms with van der Waals surface area (Å²) in [5, 5.41) is 4.82. The molecule has 0 saturated heterocycles. The minimum atomic E-state index is 0.677. The average Bonchev–Trinajstić information content (AvgIpc) is 2.39. The number of hydrogen-bond acceptors (Lipinski definition) is 1. The van der Waals surface area contributed by atoms with E-state index in [9.17, 15) is 0 Å². The largest absolute Gasteiger partial charge is 0.312 e. The van der Waals surface area contributed by atoms with E-state index in [1.54, 1.807) is 6.07 Å². The summed E-state index contributed by atoms with van der Waals surface area (Å²) >= 11 is 15.4. The van der Waals surface area contributed by atoms with Crippen LogP contribution in [0.5, 0.6) is 0 Å². The van der Waals surface area contributed by atoms with Crippen molar-refractivity contribution in [3.8, 4) is 0 Å². The molecule has 0 atom stereocenters. The molecule has 100 valence electrons. The van der Waals surface area contributed by atoms with Gasteiger partial charge in [-0.15, -0.1) is 0 Å². The lowest BCUT2D eigenvalue weighted by Crippen LogP contribution is -2.16. The smallest absolute Gasteiger partial charge is 0.0453 e. The van der Waals surface area contributed by atoms with Gasteiger partial charge in [0.15, 0.2) is 0 Å². The van der Waals surface area contributed by atoms with E-state index in [0.29, 0.717) is 5.02 Å². The summed E-state index contributed by atoms with van der Waals surface area (Å²) in [6.07, 6.45) is 0.895. The van der Waals surface area contributed by atoms with E-state index >= 15 is 0 Å². The summed E-state index contributed by atoms with van der Waals surface area (Å²) in [6.45, 7) is 1.75. The molecule has 0 aliphatic rings. The third-order valence-corrected chi connectivity index (χ3v) is 3.94. The molecular weight excluding hydrogens is 345 g/mol. The Morgan fingerprint density at radius 2 is 1.74 bits per heavy atom. The molecule has 19 heavy (non-hydrogen) atoms. The van der Waals surface area contributed by atoms with Gasteiger partial charge < -0.3 is 5.32 Å². The summed E-state index contributed by atoms with van der Waals surface area (Å²) in [7, 11) is 0. The van der Waals surface area contributed by atoms with E-state index in [1.165, 1.54) is 5.56 Å². The molecule has 0 amide bonds. The summed E-state index contributed by atoms with van der Waals surface area (Å²) in [5.74, 6) is 0. The fourth-order valence-electron chi connectivity index (χ4n) is 1.78. The molecule has 0 fully saturated rings. The minimum Gasteiger partial charge on any atom is -0.312 e. The van der Waals surface area contributed by atoms with Crippen LogP contribution in [-0.4, -0.2) is 6.54 Å². The molecule has 0 spiro atoms. The lowest BCUT2D eigenvalue weighted by Gasteiger charge is -2.07. The summed E-state index contributed by atoms with van der Waals surface area (Å²) in [5.41, 5.74) is 2.39. The van der Waals surface area contributed by atoms with Crippen LogP contribution in [0, 0.1) is 0 Å². The van der Waals surface area contributed by atoms with Crippen molar-refractivity contribution in [2.45, 2.75) is 13.0 Å². The molecule has 1 N–H and O–H groups in total. The Bertz CT molecular complexity index is 540. The zero-order valence-electron chi connectivity index (χ0n) is 10.3. The molecule has 4 heteroatoms. The van der Waals surface area contributed by atoms with E-state index in [-0.39, 0.29) is 0 Å². The quantitative estimate of drug-likeness (QED) is 0.734. The van der Waals surface area contributed by atoms with Gasteiger partial charge in [-0.2, -0.15) is 0 Å². The lowest BCUT2D eigenvalue weighted by atomic mass is 10.1. The van der Waals surface area contributed by atoms with Crippen molar-refractivity contribution >= 4 is 39.1 Å². The first-order valence-electron chi connectivity index (χ1n) is 6.04. The van der Waals surface area contributed by atoms with Gasteiger partial charge in [0.2, 0.25) is 0 Å². The van der Waals surface area contributed by atoms with Gasteiger partial charge in [0.05, 0.1) is 0 Å². The predicted molar refractivity (Wildman–Crippen MR) is 86.0 cm³/mol. The van der Waals surface area contributed by atoms with Crippen LogP contribution < -0.4 is 5.32 Å². The van der Waals surface area contributed by atoms with E-state index in [1.807, 2.05) is 24.3 Å². The topological polar surface area (TPSA) is 12.0 Å². The average molecular weight is 359 g/mol. The molecule has 0 bridgehead atoms. The van der Waals surface area contributed by atoms with Gasteiger partial charge >= 0.3 is 0 Å². The number of hydrogen-bond donors (Lipinski definition) is 1. The fourth-order valence-corrected chi connectivity index (χ4v) is 2.55. The highest BCUT2D eigenvalue weighted by Gasteiger charge is 2.01. The maximum atomic E-state index is 6.13. The van der Waals surface area contributed by atoms with E-state index in [4.69, 9.17) is 23.2 Å². The van der Waals surface area contributed by atoms with Gasteiger partial charge in [-0.1, -0.05) is 57.3 Å². The van der Waals surface area contributed by atoms with Crippen molar-refractivity contribution in [3.63, 3.8) is 0 Å². The molecular formula is C15H14BrCl2N. The van der Waals surface area contributed by atoms with Crippen LogP contribution in [0.4, 0.5) is 0 Å². The van der Waals surface area contributed by atoms with E-state index in [2.05, 4.69) is 33.4 Å². The van der Waals surface area contributed by atoms with Crippen LogP contribution in [0.25, 0.3) is 0 Å². The number of nitrogens with one attached hydrogen (secondary N) is 1. The highest BCUT2D eigenvalue weighted by atomic mass is 79.9. The van der Waals surface area contributed by atoms with Crippen molar-refractivity contribution in [1.82, 2.24) is 5.32 Å². The maximum Gasteiger partial charge on any atom is 0.0453 e. The van der Waals surface area contributed by atoms with E-state index in [0.717, 1.165) is 34.6 Å². The van der Waals surface area contributed by atoms with Crippen molar-refractivity contribution in [1.29, 1.82) is 0 Å². The lowest BCUT2D eigenvalue weighted by molar-refractivity contribution is 0.687. The third kappa shape index (κ3) is 4.81. The number of benzene rings is 2. The Hall–Kier alpha value is -0.540. The van der Waals surface area contributed by atoms with E-state index < -0.39 is 0 Å². The molecule has 1 nitrogen and oxygen atoms in total. The third-order valence-electron chi connectivity index (χ3n) is 2.83. The van der Waals surface area contributed by atoms with Gasteiger partial charge in [0.1, 0.15) is 0 Å². The van der Waals surface area contributed by atoms with Crippen molar-refractivity contribution in [3.05, 3.63) is 68.1 Å². The SMILES string of the molecule is Clc1ccc(CCNCc2ccc(Br)cc2)c(Cl)c1. The van der Waals surface area contributed by atoms with Crippen molar-refractivity contribution in [2.24, 2.45) is 0 Å². The Morgan fingerprint density at radius 3 is 2.42 bits per heavy atom. The summed E-state index contributed by atoms with van der Waals surface area (Å²) in [4.78, 5) is 0. The molecule has 2 aromatic carbocycles. The fraction of sp³-hybridized carbons (Fsp3) is 0.200. The van der Waals surface area contributed by atoms with Gasteiger partial charge in [-0.3, -0.25) is 0 Å². The monoisotopic (exact) mass is 357 g/mol. The molecule has 0 heterocycles. The number of rotatable bonds is 5. The molecule has 2 rings (SSSR count). The predicted octanol–water partition coefficient (Wildman–Crippen LogP) is 5.09. The molecule has 2 aromatic rings. The van der Waals surface area contributed by atoms with Crippen LogP contribution in [0.3, 0.4) is 0 Å². The second-order valence-electron chi connectivity index (χ2n) is 4.29. The standard InChI is InChI=1S/C15H14BrCl2N/c16-13-4-1-11(2-5-13)10-19-8-7-12-3-6-14(17)9-15(12)18/h1-6,9,19H,7-8,10H2. The molecule has 0 saturated carbocycles. The van der Waals surface area contributed by atoms with Crippen LogP contribution in [0.15, 0.2) is 46.9 Å². The highest BCUT2D eigenvalue weighted by molar-refractivity contribution is 9.10. The first-order chi connectivity index (χ1) is 9.15. The van der Waals surface area contributed by atoms with Crippen molar-refractivity contribution in [2.75, 3.05) is 6.54 Å². The molecule has 0 radical (unpaired) electrons. The zero-order chi connectivity index (χ0) is 13.7. The Kier molecular flexibility index (Phi) is 5.71. The van der Waals surface area contributed by atoms with Gasteiger partial charge in [-0.05, 0) is 48.4 Å². The second-order valence-corrected chi connectivity index (χ2v) is 6.05. The first kappa shape index (κ1) is 14.9. The summed E-state index contributed by atoms with van der Waals surface area (Å²) < 4.78 is 1.10. The zero-order valence-corrected chi connectivity index (χ0v) is 13.4. The van der Waals surface area contributed by atoms with Gasteiger partial charge in [0, 0.05) is 21.1 Å². The molecule has 0 unspecified atom stereocenters. The normalized spacial score (nSPS) is 10.7. The molecule has 0 aliphatic carbocycles. The molecule has 0 aliphatic heterocycles. The summed E-state index contributed by atoms with van der Waals surface area (Å²) in [6, 6.07) is 13.9. The van der Waals surface area contributed by atoms with Gasteiger partial charge in [0.25, 0.3) is 0 Å². The first-order valence-corrected chi connectivity index (χ1v) is 7.59. The highest BCUT2D eigenvalue weighted by Crippen LogP contribution is 2.21. The minimum absolute atomic E-state index is 0.677. The van der Waals surface area contributed by atoms with Gasteiger partial charge in [-0.25, -0.2) is 0 Å².